The van der Waals surface area contributed by atoms with Gasteiger partial charge >= 0.3 is 0 Å². The second-order valence-electron chi connectivity index (χ2n) is 6.54. The zero-order valence-electron chi connectivity index (χ0n) is 14.5. The summed E-state index contributed by atoms with van der Waals surface area (Å²) in [6.45, 7) is 0.716. The summed E-state index contributed by atoms with van der Waals surface area (Å²) in [5, 5.41) is 5.88. The van der Waals surface area contributed by atoms with Crippen molar-refractivity contribution in [3.63, 3.8) is 0 Å². The molecule has 0 spiro atoms. The Hall–Kier alpha value is -2.14. The number of nitrogens with zero attached hydrogens (tertiary/aromatic N) is 1. The van der Waals surface area contributed by atoms with Gasteiger partial charge in [-0.25, -0.2) is 0 Å². The van der Waals surface area contributed by atoms with Gasteiger partial charge in [-0.3, -0.25) is 9.59 Å². The van der Waals surface area contributed by atoms with Gasteiger partial charge in [0.05, 0.1) is 0 Å². The Labute approximate surface area is 144 Å². The maximum Gasteiger partial charge on any atom is 0.251 e. The monoisotopic (exact) mass is 329 g/mol. The predicted molar refractivity (Wildman–Crippen MR) is 97.1 cm³/mol. The van der Waals surface area contributed by atoms with E-state index in [-0.39, 0.29) is 11.8 Å². The van der Waals surface area contributed by atoms with Crippen LogP contribution in [0.25, 0.3) is 0 Å². The molecule has 1 aromatic rings. The molecule has 1 aromatic carbocycles. The van der Waals surface area contributed by atoms with Crippen LogP contribution in [0.2, 0.25) is 0 Å². The van der Waals surface area contributed by atoms with E-state index in [0.717, 1.165) is 12.8 Å². The maximum atomic E-state index is 12.2. The van der Waals surface area contributed by atoms with Gasteiger partial charge in [-0.2, -0.15) is 0 Å². The Bertz CT molecular complexity index is 573. The van der Waals surface area contributed by atoms with Crippen LogP contribution in [-0.2, 0) is 4.79 Å². The number of amides is 2. The molecular weight excluding hydrogens is 302 g/mol. The molecule has 2 N–H and O–H groups in total. The van der Waals surface area contributed by atoms with Gasteiger partial charge in [0.25, 0.3) is 5.91 Å². The van der Waals surface area contributed by atoms with E-state index < -0.39 is 0 Å². The molecule has 1 aliphatic rings. The number of nitrogens with one attached hydrogen (secondary N) is 2. The van der Waals surface area contributed by atoms with Crippen LogP contribution in [0.15, 0.2) is 36.4 Å². The van der Waals surface area contributed by atoms with E-state index in [0.29, 0.717) is 23.8 Å². The van der Waals surface area contributed by atoms with Gasteiger partial charge < -0.3 is 15.5 Å². The Balaban J connectivity index is 1.84. The van der Waals surface area contributed by atoms with Gasteiger partial charge in [-0.05, 0) is 51.2 Å². The summed E-state index contributed by atoms with van der Waals surface area (Å²) in [5.74, 6) is -0.207. The van der Waals surface area contributed by atoms with Crippen LogP contribution in [0.5, 0.6) is 0 Å². The van der Waals surface area contributed by atoms with Crippen LogP contribution in [0.3, 0.4) is 0 Å². The van der Waals surface area contributed by atoms with Crippen LogP contribution in [0, 0.1) is 0 Å². The van der Waals surface area contributed by atoms with E-state index in [1.54, 1.807) is 30.3 Å². The molecule has 0 heterocycles. The molecule has 0 radical (unpaired) electrons. The molecule has 2 rings (SSSR count). The Morgan fingerprint density at radius 3 is 2.42 bits per heavy atom. The molecule has 24 heavy (non-hydrogen) atoms. The van der Waals surface area contributed by atoms with Gasteiger partial charge in [-0.15, -0.1) is 0 Å². The third-order valence-corrected chi connectivity index (χ3v) is 4.09. The molecule has 2 amide bonds. The third kappa shape index (κ3) is 6.16. The Kier molecular flexibility index (Phi) is 7.00. The van der Waals surface area contributed by atoms with Crippen molar-refractivity contribution in [3.05, 3.63) is 42.0 Å². The SMILES string of the molecule is CN(C)C/C=C/C(=O)Nc1ccc(C(=O)NC2CCCCC2)cc1. The summed E-state index contributed by atoms with van der Waals surface area (Å²) in [7, 11) is 3.89. The predicted octanol–water partition coefficient (Wildman–Crippen LogP) is 2.81. The Morgan fingerprint density at radius 1 is 1.12 bits per heavy atom. The van der Waals surface area contributed by atoms with Crippen molar-refractivity contribution in [2.45, 2.75) is 38.1 Å². The van der Waals surface area contributed by atoms with E-state index in [4.69, 9.17) is 0 Å². The van der Waals surface area contributed by atoms with Gasteiger partial charge in [-0.1, -0.05) is 25.3 Å². The normalized spacial score (nSPS) is 15.6. The molecule has 0 aliphatic heterocycles. The molecule has 5 nitrogen and oxygen atoms in total. The molecule has 0 unspecified atom stereocenters. The second-order valence-corrected chi connectivity index (χ2v) is 6.54. The lowest BCUT2D eigenvalue weighted by Gasteiger charge is -2.22. The lowest BCUT2D eigenvalue weighted by atomic mass is 9.95. The lowest BCUT2D eigenvalue weighted by molar-refractivity contribution is -0.111. The second kappa shape index (κ2) is 9.23. The number of carbonyl (C=O) groups excluding carboxylic acids is 2. The van der Waals surface area contributed by atoms with E-state index in [1.807, 2.05) is 19.0 Å². The van der Waals surface area contributed by atoms with E-state index in [9.17, 15) is 9.59 Å². The largest absolute Gasteiger partial charge is 0.349 e. The smallest absolute Gasteiger partial charge is 0.251 e. The molecule has 1 saturated carbocycles. The number of carbonyl (C=O) groups is 2. The molecule has 0 saturated heterocycles. The molecular formula is C19H27N3O2. The van der Waals surface area contributed by atoms with Crippen molar-refractivity contribution in [2.75, 3.05) is 26.0 Å². The first-order valence-corrected chi connectivity index (χ1v) is 8.58. The van der Waals surface area contributed by atoms with Crippen molar-refractivity contribution < 1.29 is 9.59 Å². The number of hydrogen-bond donors (Lipinski definition) is 2. The van der Waals surface area contributed by atoms with E-state index in [1.165, 1.54) is 25.3 Å². The standard InChI is InChI=1S/C19H27N3O2/c1-22(2)14-6-9-18(23)20-17-12-10-15(11-13-17)19(24)21-16-7-4-3-5-8-16/h6,9-13,16H,3-5,7-8,14H2,1-2H3,(H,20,23)(H,21,24)/b9-6+. The first kappa shape index (κ1) is 18.2. The van der Waals surface area contributed by atoms with E-state index >= 15 is 0 Å². The molecule has 0 atom stereocenters. The van der Waals surface area contributed by atoms with Crippen molar-refractivity contribution in [1.82, 2.24) is 10.2 Å². The Morgan fingerprint density at radius 2 is 1.79 bits per heavy atom. The summed E-state index contributed by atoms with van der Waals surface area (Å²) >= 11 is 0. The van der Waals surface area contributed by atoms with Gasteiger partial charge in [0.1, 0.15) is 0 Å². The highest BCUT2D eigenvalue weighted by atomic mass is 16.2. The zero-order chi connectivity index (χ0) is 17.4. The van der Waals surface area contributed by atoms with Crippen LogP contribution in [0.1, 0.15) is 42.5 Å². The quantitative estimate of drug-likeness (QED) is 0.789. The fraction of sp³-hybridized carbons (Fsp3) is 0.474. The minimum atomic E-state index is -0.170. The molecule has 5 heteroatoms. The average molecular weight is 329 g/mol. The van der Waals surface area contributed by atoms with Crippen molar-refractivity contribution in [3.8, 4) is 0 Å². The van der Waals surface area contributed by atoms with Crippen molar-refractivity contribution >= 4 is 17.5 Å². The van der Waals surface area contributed by atoms with Gasteiger partial charge in [0.2, 0.25) is 5.91 Å². The zero-order valence-corrected chi connectivity index (χ0v) is 14.5. The molecule has 1 fully saturated rings. The topological polar surface area (TPSA) is 61.4 Å². The van der Waals surface area contributed by atoms with Crippen LogP contribution >= 0.6 is 0 Å². The molecule has 130 valence electrons. The number of anilines is 1. The van der Waals surface area contributed by atoms with Crippen molar-refractivity contribution in [1.29, 1.82) is 0 Å². The van der Waals surface area contributed by atoms with Crippen LogP contribution in [-0.4, -0.2) is 43.4 Å². The number of benzene rings is 1. The summed E-state index contributed by atoms with van der Waals surface area (Å²) in [6, 6.07) is 7.31. The fourth-order valence-electron chi connectivity index (χ4n) is 2.78. The first-order chi connectivity index (χ1) is 11.5. The lowest BCUT2D eigenvalue weighted by Crippen LogP contribution is -2.36. The minimum absolute atomic E-state index is 0.0364. The number of likely N-dealkylation sites (N-methyl/N-ethyl adjacent to an activating group) is 1. The number of hydrogen-bond acceptors (Lipinski definition) is 3. The van der Waals surface area contributed by atoms with Gasteiger partial charge in [0.15, 0.2) is 0 Å². The fourth-order valence-corrected chi connectivity index (χ4v) is 2.78. The highest BCUT2D eigenvalue weighted by Gasteiger charge is 2.16. The van der Waals surface area contributed by atoms with E-state index in [2.05, 4.69) is 10.6 Å². The number of rotatable bonds is 6. The minimum Gasteiger partial charge on any atom is -0.349 e. The highest BCUT2D eigenvalue weighted by Crippen LogP contribution is 2.18. The van der Waals surface area contributed by atoms with Crippen LogP contribution in [0.4, 0.5) is 5.69 Å². The first-order valence-electron chi connectivity index (χ1n) is 8.58. The maximum absolute atomic E-state index is 12.2. The highest BCUT2D eigenvalue weighted by molar-refractivity contribution is 6.00. The third-order valence-electron chi connectivity index (χ3n) is 4.09. The summed E-state index contributed by atoms with van der Waals surface area (Å²) in [5.41, 5.74) is 1.31. The molecule has 1 aliphatic carbocycles. The summed E-state index contributed by atoms with van der Waals surface area (Å²) in [6.07, 6.45) is 9.11. The summed E-state index contributed by atoms with van der Waals surface area (Å²) < 4.78 is 0. The average Bonchev–Trinajstić information content (AvgIpc) is 2.56. The molecule has 0 aromatic heterocycles. The summed E-state index contributed by atoms with van der Waals surface area (Å²) in [4.78, 5) is 26.0. The van der Waals surface area contributed by atoms with Crippen LogP contribution < -0.4 is 10.6 Å². The van der Waals surface area contributed by atoms with Gasteiger partial charge in [0, 0.05) is 29.9 Å². The molecule has 0 bridgehead atoms. The van der Waals surface area contributed by atoms with Crippen molar-refractivity contribution in [2.24, 2.45) is 0 Å².